The van der Waals surface area contributed by atoms with Crippen LogP contribution in [-0.4, -0.2) is 4.98 Å². The highest BCUT2D eigenvalue weighted by molar-refractivity contribution is 7.14. The minimum absolute atomic E-state index is 1.08. The normalized spacial score (nSPS) is 10.3. The van der Waals surface area contributed by atoms with Gasteiger partial charge in [-0.15, -0.1) is 22.7 Å². The van der Waals surface area contributed by atoms with Gasteiger partial charge in [0.05, 0.1) is 15.6 Å². The third kappa shape index (κ3) is 1.34. The molecule has 0 N–H and O–H groups in total. The van der Waals surface area contributed by atoms with E-state index >= 15 is 0 Å². The first kappa shape index (κ1) is 7.00. The highest BCUT2D eigenvalue weighted by atomic mass is 32.1. The van der Waals surface area contributed by atoms with Crippen LogP contribution in [0.15, 0.2) is 17.5 Å². The molecule has 0 fully saturated rings. The fourth-order valence-corrected chi connectivity index (χ4v) is 2.15. The summed E-state index contributed by atoms with van der Waals surface area (Å²) in [5, 5.41) is 6.24. The number of thiophene rings is 1. The average Bonchev–Trinajstić information content (AvgIpc) is 2.55. The maximum Gasteiger partial charge on any atom is 0.0914 e. The lowest BCUT2D eigenvalue weighted by atomic mass is 10.4. The van der Waals surface area contributed by atoms with E-state index in [0.29, 0.717) is 0 Å². The highest BCUT2D eigenvalue weighted by Gasteiger charge is 2.01. The lowest BCUT2D eigenvalue weighted by molar-refractivity contribution is 1.31. The van der Waals surface area contributed by atoms with E-state index in [1.807, 2.05) is 19.1 Å². The zero-order valence-electron chi connectivity index (χ0n) is 6.00. The van der Waals surface area contributed by atoms with E-state index in [0.717, 1.165) is 10.7 Å². The molecule has 0 saturated heterocycles. The maximum absolute atomic E-state index is 4.36. The molecule has 0 aliphatic rings. The van der Waals surface area contributed by atoms with Gasteiger partial charge < -0.3 is 0 Å². The molecule has 0 saturated carbocycles. The van der Waals surface area contributed by atoms with E-state index in [9.17, 15) is 0 Å². The van der Waals surface area contributed by atoms with Crippen molar-refractivity contribution in [2.24, 2.45) is 0 Å². The van der Waals surface area contributed by atoms with Crippen molar-refractivity contribution in [2.75, 3.05) is 0 Å². The van der Waals surface area contributed by atoms with E-state index < -0.39 is 0 Å². The van der Waals surface area contributed by atoms with Gasteiger partial charge in [-0.1, -0.05) is 0 Å². The SMILES string of the molecule is Cc1nc(-c2cc[c]s2)cs1. The van der Waals surface area contributed by atoms with E-state index in [4.69, 9.17) is 0 Å². The van der Waals surface area contributed by atoms with Crippen LogP contribution in [0.3, 0.4) is 0 Å². The molecule has 2 heterocycles. The molecule has 11 heavy (non-hydrogen) atoms. The summed E-state index contributed by atoms with van der Waals surface area (Å²) >= 11 is 3.29. The summed E-state index contributed by atoms with van der Waals surface area (Å²) in [6.07, 6.45) is 0. The molecule has 0 spiro atoms. The first-order valence-corrected chi connectivity index (χ1v) is 4.94. The Morgan fingerprint density at radius 3 is 3.00 bits per heavy atom. The van der Waals surface area contributed by atoms with Gasteiger partial charge in [0.1, 0.15) is 0 Å². The second-order valence-electron chi connectivity index (χ2n) is 2.17. The fraction of sp³-hybridized carbons (Fsp3) is 0.125. The van der Waals surface area contributed by atoms with Crippen LogP contribution in [0.25, 0.3) is 10.6 Å². The third-order valence-corrected chi connectivity index (χ3v) is 2.94. The van der Waals surface area contributed by atoms with Crippen molar-refractivity contribution in [3.05, 3.63) is 27.9 Å². The van der Waals surface area contributed by atoms with Crippen molar-refractivity contribution in [2.45, 2.75) is 6.92 Å². The Hall–Kier alpha value is -0.670. The number of thiazole rings is 1. The smallest absolute Gasteiger partial charge is 0.0914 e. The molecule has 0 aliphatic heterocycles. The van der Waals surface area contributed by atoms with Crippen LogP contribution in [0, 0.1) is 12.3 Å². The standard InChI is InChI=1S/C8H6NS2/c1-6-9-7(5-11-6)8-3-2-4-10-8/h2-3,5H,1H3. The Bertz CT molecular complexity index is 335. The van der Waals surface area contributed by atoms with Gasteiger partial charge in [-0.05, 0) is 19.1 Å². The Kier molecular flexibility index (Phi) is 1.75. The summed E-state index contributed by atoms with van der Waals surface area (Å²) in [4.78, 5) is 5.57. The van der Waals surface area contributed by atoms with Crippen molar-refractivity contribution in [1.29, 1.82) is 0 Å². The Morgan fingerprint density at radius 1 is 1.55 bits per heavy atom. The number of aryl methyl sites for hydroxylation is 1. The highest BCUT2D eigenvalue weighted by Crippen LogP contribution is 2.24. The number of rotatable bonds is 1. The van der Waals surface area contributed by atoms with Crippen molar-refractivity contribution >= 4 is 22.7 Å². The Labute approximate surface area is 73.4 Å². The van der Waals surface area contributed by atoms with Gasteiger partial charge >= 0.3 is 0 Å². The Balaban J connectivity index is 2.45. The Morgan fingerprint density at radius 2 is 2.45 bits per heavy atom. The molecule has 1 radical (unpaired) electrons. The molecule has 2 rings (SSSR count). The van der Waals surface area contributed by atoms with Gasteiger partial charge in [-0.2, -0.15) is 0 Å². The predicted octanol–water partition coefficient (Wildman–Crippen LogP) is 2.98. The molecule has 2 aromatic rings. The molecule has 0 aliphatic carbocycles. The molecule has 1 nitrogen and oxygen atoms in total. The molecule has 0 amide bonds. The minimum Gasteiger partial charge on any atom is -0.241 e. The average molecular weight is 180 g/mol. The van der Waals surface area contributed by atoms with Crippen molar-refractivity contribution in [3.63, 3.8) is 0 Å². The van der Waals surface area contributed by atoms with Gasteiger partial charge in [0.25, 0.3) is 0 Å². The fourth-order valence-electron chi connectivity index (χ4n) is 0.855. The minimum atomic E-state index is 1.08. The molecule has 2 aromatic heterocycles. The summed E-state index contributed by atoms with van der Waals surface area (Å²) in [6.45, 7) is 2.02. The van der Waals surface area contributed by atoms with Gasteiger partial charge in [-0.3, -0.25) is 0 Å². The monoisotopic (exact) mass is 180 g/mol. The summed E-state index contributed by atoms with van der Waals surface area (Å²) in [7, 11) is 0. The van der Waals surface area contributed by atoms with Crippen molar-refractivity contribution in [1.82, 2.24) is 4.98 Å². The third-order valence-electron chi connectivity index (χ3n) is 1.34. The number of nitrogens with zero attached hydrogens (tertiary/aromatic N) is 1. The first-order valence-electron chi connectivity index (χ1n) is 3.24. The molecule has 0 bridgehead atoms. The van der Waals surface area contributed by atoms with Crippen LogP contribution in [0.4, 0.5) is 0 Å². The number of hydrogen-bond acceptors (Lipinski definition) is 3. The quantitative estimate of drug-likeness (QED) is 0.657. The molecule has 0 aromatic carbocycles. The van der Waals surface area contributed by atoms with E-state index in [1.165, 1.54) is 4.88 Å². The second-order valence-corrected chi connectivity index (χ2v) is 4.11. The summed E-state index contributed by atoms with van der Waals surface area (Å²) in [5.41, 5.74) is 1.08. The van der Waals surface area contributed by atoms with Crippen LogP contribution in [0.1, 0.15) is 5.01 Å². The van der Waals surface area contributed by atoms with Crippen LogP contribution in [-0.2, 0) is 0 Å². The summed E-state index contributed by atoms with van der Waals surface area (Å²) < 4.78 is 0. The largest absolute Gasteiger partial charge is 0.241 e. The van der Waals surface area contributed by atoms with Gasteiger partial charge in [-0.25, -0.2) is 4.98 Å². The van der Waals surface area contributed by atoms with Crippen molar-refractivity contribution < 1.29 is 0 Å². The van der Waals surface area contributed by atoms with E-state index in [1.54, 1.807) is 22.7 Å². The van der Waals surface area contributed by atoms with Crippen LogP contribution in [0.5, 0.6) is 0 Å². The molecular weight excluding hydrogens is 174 g/mol. The molecule has 0 unspecified atom stereocenters. The zero-order chi connectivity index (χ0) is 7.68. The van der Waals surface area contributed by atoms with Crippen LogP contribution < -0.4 is 0 Å². The maximum atomic E-state index is 4.36. The van der Waals surface area contributed by atoms with Crippen LogP contribution >= 0.6 is 22.7 Å². The zero-order valence-corrected chi connectivity index (χ0v) is 7.63. The van der Waals surface area contributed by atoms with Crippen LogP contribution in [0.2, 0.25) is 0 Å². The van der Waals surface area contributed by atoms with E-state index in [2.05, 4.69) is 15.7 Å². The topological polar surface area (TPSA) is 12.9 Å². The number of aromatic nitrogens is 1. The second kappa shape index (κ2) is 2.75. The van der Waals surface area contributed by atoms with E-state index in [-0.39, 0.29) is 0 Å². The summed E-state index contributed by atoms with van der Waals surface area (Å²) in [5.74, 6) is 0. The van der Waals surface area contributed by atoms with Gasteiger partial charge in [0.2, 0.25) is 0 Å². The molecule has 0 atom stereocenters. The lowest BCUT2D eigenvalue weighted by Gasteiger charge is -1.84. The van der Waals surface area contributed by atoms with Gasteiger partial charge in [0, 0.05) is 10.8 Å². The molecule has 55 valence electrons. The molecule has 3 heteroatoms. The van der Waals surface area contributed by atoms with Crippen molar-refractivity contribution in [3.8, 4) is 10.6 Å². The van der Waals surface area contributed by atoms with Gasteiger partial charge in [0.15, 0.2) is 0 Å². The molecular formula is C8H6NS2. The number of hydrogen-bond donors (Lipinski definition) is 0. The first-order chi connectivity index (χ1) is 5.36. The summed E-state index contributed by atoms with van der Waals surface area (Å²) in [6, 6.07) is 3.97. The lowest BCUT2D eigenvalue weighted by Crippen LogP contribution is -1.70. The predicted molar refractivity (Wildman–Crippen MR) is 49.0 cm³/mol.